The summed E-state index contributed by atoms with van der Waals surface area (Å²) in [7, 11) is 0. The van der Waals surface area contributed by atoms with E-state index in [0.717, 1.165) is 28.1 Å². The number of amides is 2. The van der Waals surface area contributed by atoms with Gasteiger partial charge in [-0.3, -0.25) is 0 Å². The summed E-state index contributed by atoms with van der Waals surface area (Å²) >= 11 is 0. The Hall–Kier alpha value is -2.49. The van der Waals surface area contributed by atoms with E-state index in [4.69, 9.17) is 5.73 Å². The van der Waals surface area contributed by atoms with Gasteiger partial charge in [0.25, 0.3) is 0 Å². The molecule has 0 aliphatic rings. The van der Waals surface area contributed by atoms with Crippen molar-refractivity contribution in [2.24, 2.45) is 0 Å². The lowest BCUT2D eigenvalue weighted by Gasteiger charge is -2.13. The van der Waals surface area contributed by atoms with E-state index in [9.17, 15) is 4.79 Å². The second kappa shape index (κ2) is 5.65. The molecule has 0 aliphatic carbocycles. The molecular weight excluding hydrogens is 250 g/mol. The number of hydrogen-bond donors (Lipinski definition) is 3. The molecule has 0 saturated heterocycles. The molecule has 2 aromatic rings. The summed E-state index contributed by atoms with van der Waals surface area (Å²) in [6.45, 7) is 5.85. The molecular formula is C16H19N3O. The van der Waals surface area contributed by atoms with E-state index in [1.165, 1.54) is 0 Å². The number of urea groups is 1. The molecule has 0 unspecified atom stereocenters. The second-order valence-corrected chi connectivity index (χ2v) is 4.97. The monoisotopic (exact) mass is 269 g/mol. The van der Waals surface area contributed by atoms with Gasteiger partial charge in [-0.1, -0.05) is 17.7 Å². The van der Waals surface area contributed by atoms with Gasteiger partial charge in [0.15, 0.2) is 0 Å². The summed E-state index contributed by atoms with van der Waals surface area (Å²) in [5, 5.41) is 5.67. The number of aryl methyl sites for hydroxylation is 3. The standard InChI is InChI=1S/C16H19N3O/c1-10-4-6-14(7-5-10)18-16(20)19-15-11(2)8-13(17)9-12(15)3/h4-9H,17H2,1-3H3,(H2,18,19,20). The molecule has 2 rings (SSSR count). The third-order valence-corrected chi connectivity index (χ3v) is 3.10. The maximum atomic E-state index is 12.0. The number of rotatable bonds is 2. The SMILES string of the molecule is Cc1ccc(NC(=O)Nc2c(C)cc(N)cc2C)cc1. The van der Waals surface area contributed by atoms with Crippen molar-refractivity contribution >= 4 is 23.1 Å². The average Bonchev–Trinajstić information content (AvgIpc) is 2.36. The van der Waals surface area contributed by atoms with Crippen molar-refractivity contribution in [1.29, 1.82) is 0 Å². The van der Waals surface area contributed by atoms with E-state index in [2.05, 4.69) is 10.6 Å². The minimum atomic E-state index is -0.259. The molecule has 0 atom stereocenters. The van der Waals surface area contributed by atoms with Gasteiger partial charge >= 0.3 is 6.03 Å². The van der Waals surface area contributed by atoms with Gasteiger partial charge < -0.3 is 16.4 Å². The van der Waals surface area contributed by atoms with Crippen molar-refractivity contribution < 1.29 is 4.79 Å². The Kier molecular flexibility index (Phi) is 3.94. The number of carbonyl (C=O) groups excluding carboxylic acids is 1. The van der Waals surface area contributed by atoms with Crippen molar-refractivity contribution in [2.75, 3.05) is 16.4 Å². The van der Waals surface area contributed by atoms with E-state index in [0.29, 0.717) is 5.69 Å². The highest BCUT2D eigenvalue weighted by Gasteiger charge is 2.08. The number of nitrogens with one attached hydrogen (secondary N) is 2. The number of carbonyl (C=O) groups is 1. The van der Waals surface area contributed by atoms with Crippen molar-refractivity contribution in [3.63, 3.8) is 0 Å². The van der Waals surface area contributed by atoms with E-state index >= 15 is 0 Å². The first-order valence-electron chi connectivity index (χ1n) is 6.47. The van der Waals surface area contributed by atoms with Crippen molar-refractivity contribution in [3.05, 3.63) is 53.1 Å². The molecule has 2 aromatic carbocycles. The number of benzene rings is 2. The van der Waals surface area contributed by atoms with Crippen LogP contribution < -0.4 is 16.4 Å². The first kappa shape index (κ1) is 13.9. The van der Waals surface area contributed by atoms with Crippen LogP contribution in [0.1, 0.15) is 16.7 Å². The third kappa shape index (κ3) is 3.29. The van der Waals surface area contributed by atoms with Gasteiger partial charge in [-0.05, 0) is 56.2 Å². The zero-order valence-corrected chi connectivity index (χ0v) is 11.9. The lowest BCUT2D eigenvalue weighted by molar-refractivity contribution is 0.262. The normalized spacial score (nSPS) is 10.2. The molecule has 104 valence electrons. The van der Waals surface area contributed by atoms with Crippen LogP contribution in [0.2, 0.25) is 0 Å². The fourth-order valence-electron chi connectivity index (χ4n) is 2.11. The van der Waals surface area contributed by atoms with E-state index in [1.54, 1.807) is 0 Å². The van der Waals surface area contributed by atoms with E-state index < -0.39 is 0 Å². The minimum absolute atomic E-state index is 0.259. The van der Waals surface area contributed by atoms with Crippen LogP contribution in [0.4, 0.5) is 21.9 Å². The first-order valence-corrected chi connectivity index (χ1v) is 6.47. The molecule has 0 fully saturated rings. The highest BCUT2D eigenvalue weighted by atomic mass is 16.2. The topological polar surface area (TPSA) is 67.2 Å². The van der Waals surface area contributed by atoms with Crippen molar-refractivity contribution in [1.82, 2.24) is 0 Å². The van der Waals surface area contributed by atoms with Gasteiger partial charge in [-0.15, -0.1) is 0 Å². The predicted molar refractivity (Wildman–Crippen MR) is 84.1 cm³/mol. The summed E-state index contributed by atoms with van der Waals surface area (Å²) in [5.41, 5.74) is 11.1. The fourth-order valence-corrected chi connectivity index (χ4v) is 2.11. The van der Waals surface area contributed by atoms with Gasteiger partial charge in [0.1, 0.15) is 0 Å². The van der Waals surface area contributed by atoms with Crippen molar-refractivity contribution in [3.8, 4) is 0 Å². The van der Waals surface area contributed by atoms with Crippen LogP contribution in [0, 0.1) is 20.8 Å². The smallest absolute Gasteiger partial charge is 0.323 e. The van der Waals surface area contributed by atoms with Crippen LogP contribution in [-0.2, 0) is 0 Å². The Labute approximate surface area is 119 Å². The summed E-state index contributed by atoms with van der Waals surface area (Å²) in [6, 6.07) is 11.1. The summed E-state index contributed by atoms with van der Waals surface area (Å²) in [5.74, 6) is 0. The molecule has 0 aliphatic heterocycles. The lowest BCUT2D eigenvalue weighted by Crippen LogP contribution is -2.20. The summed E-state index contributed by atoms with van der Waals surface area (Å²) in [6.07, 6.45) is 0. The summed E-state index contributed by atoms with van der Waals surface area (Å²) in [4.78, 5) is 12.0. The zero-order valence-electron chi connectivity index (χ0n) is 11.9. The summed E-state index contributed by atoms with van der Waals surface area (Å²) < 4.78 is 0. The molecule has 4 N–H and O–H groups in total. The predicted octanol–water partition coefficient (Wildman–Crippen LogP) is 3.84. The van der Waals surface area contributed by atoms with Crippen LogP contribution in [-0.4, -0.2) is 6.03 Å². The molecule has 4 nitrogen and oxygen atoms in total. The fraction of sp³-hybridized carbons (Fsp3) is 0.188. The van der Waals surface area contributed by atoms with Gasteiger partial charge in [0.05, 0.1) is 0 Å². The Morgan fingerprint density at radius 2 is 1.50 bits per heavy atom. The molecule has 0 spiro atoms. The highest BCUT2D eigenvalue weighted by molar-refractivity contribution is 6.00. The average molecular weight is 269 g/mol. The molecule has 0 bridgehead atoms. The Balaban J connectivity index is 2.10. The van der Waals surface area contributed by atoms with Crippen LogP contribution in [0.3, 0.4) is 0 Å². The number of nitrogens with two attached hydrogens (primary N) is 1. The van der Waals surface area contributed by atoms with Gasteiger partial charge in [-0.2, -0.15) is 0 Å². The van der Waals surface area contributed by atoms with Gasteiger partial charge in [0, 0.05) is 17.1 Å². The Bertz CT molecular complexity index is 610. The van der Waals surface area contributed by atoms with E-state index in [-0.39, 0.29) is 6.03 Å². The van der Waals surface area contributed by atoms with Crippen LogP contribution in [0.25, 0.3) is 0 Å². The van der Waals surface area contributed by atoms with Crippen LogP contribution in [0.15, 0.2) is 36.4 Å². The molecule has 0 saturated carbocycles. The number of hydrogen-bond acceptors (Lipinski definition) is 2. The molecule has 0 heterocycles. The molecule has 20 heavy (non-hydrogen) atoms. The maximum absolute atomic E-state index is 12.0. The van der Waals surface area contributed by atoms with Crippen molar-refractivity contribution in [2.45, 2.75) is 20.8 Å². The lowest BCUT2D eigenvalue weighted by atomic mass is 10.1. The zero-order chi connectivity index (χ0) is 14.7. The Morgan fingerprint density at radius 1 is 0.950 bits per heavy atom. The maximum Gasteiger partial charge on any atom is 0.323 e. The van der Waals surface area contributed by atoms with Gasteiger partial charge in [-0.25, -0.2) is 4.79 Å². The Morgan fingerprint density at radius 3 is 2.05 bits per heavy atom. The minimum Gasteiger partial charge on any atom is -0.399 e. The largest absolute Gasteiger partial charge is 0.399 e. The van der Waals surface area contributed by atoms with E-state index in [1.807, 2.05) is 57.2 Å². The quantitative estimate of drug-likeness (QED) is 0.725. The second-order valence-electron chi connectivity index (χ2n) is 4.97. The third-order valence-electron chi connectivity index (χ3n) is 3.10. The molecule has 4 heteroatoms. The first-order chi connectivity index (χ1) is 9.45. The molecule has 0 radical (unpaired) electrons. The molecule has 2 amide bonds. The highest BCUT2D eigenvalue weighted by Crippen LogP contribution is 2.23. The molecule has 0 aromatic heterocycles. The number of anilines is 3. The van der Waals surface area contributed by atoms with Crippen LogP contribution in [0.5, 0.6) is 0 Å². The number of nitrogen functional groups attached to an aromatic ring is 1. The van der Waals surface area contributed by atoms with Crippen LogP contribution >= 0.6 is 0 Å². The van der Waals surface area contributed by atoms with Gasteiger partial charge in [0.2, 0.25) is 0 Å².